The molecule has 2 heterocycles. The van der Waals surface area contributed by atoms with E-state index in [1.54, 1.807) is 20.8 Å². The van der Waals surface area contributed by atoms with Crippen LogP contribution in [-0.4, -0.2) is 112 Å². The molecule has 2 saturated heterocycles. The number of amides is 1. The number of carbonyl (C=O) groups excluding carboxylic acids is 1. The highest BCUT2D eigenvalue weighted by Gasteiger charge is 2.56. The standard InChI is InChI=1S/C24H46N2O9/c1-11(2)32-20-14(9-27)34-22(16(25)18(20)30)23(5,6)24(7,8)35-21-15(10-28)33-12(3)17(19(21)31)26-13(4)29/h11-12,14-22,27-28,30-31H,9-10,25H2,1-8H3,(H,26,29)/t12-,14?,15?,16?,17?,18?,19?,20-,21-,22-/m1/s1. The van der Waals surface area contributed by atoms with E-state index in [0.717, 1.165) is 0 Å². The van der Waals surface area contributed by atoms with Crippen molar-refractivity contribution in [2.45, 2.75) is 128 Å². The van der Waals surface area contributed by atoms with Crippen molar-refractivity contribution in [3.05, 3.63) is 0 Å². The van der Waals surface area contributed by atoms with Crippen molar-refractivity contribution < 1.29 is 44.2 Å². The largest absolute Gasteiger partial charge is 0.394 e. The minimum atomic E-state index is -1.16. The van der Waals surface area contributed by atoms with E-state index in [1.165, 1.54) is 6.92 Å². The van der Waals surface area contributed by atoms with Crippen LogP contribution in [0.4, 0.5) is 0 Å². The molecule has 35 heavy (non-hydrogen) atoms. The van der Waals surface area contributed by atoms with Crippen molar-refractivity contribution >= 4 is 5.91 Å². The number of hydrogen-bond acceptors (Lipinski definition) is 10. The molecule has 6 unspecified atom stereocenters. The topological polar surface area (TPSA) is 173 Å². The summed E-state index contributed by atoms with van der Waals surface area (Å²) >= 11 is 0. The average molecular weight is 507 g/mol. The van der Waals surface area contributed by atoms with Crippen LogP contribution in [0.15, 0.2) is 0 Å². The van der Waals surface area contributed by atoms with E-state index in [2.05, 4.69) is 5.32 Å². The van der Waals surface area contributed by atoms with Gasteiger partial charge in [-0.1, -0.05) is 13.8 Å². The van der Waals surface area contributed by atoms with Crippen LogP contribution in [0.3, 0.4) is 0 Å². The Hall–Kier alpha value is -0.890. The fourth-order valence-electron chi connectivity index (χ4n) is 4.96. The lowest BCUT2D eigenvalue weighted by Gasteiger charge is -2.55. The molecule has 7 N–H and O–H groups in total. The highest BCUT2D eigenvalue weighted by Crippen LogP contribution is 2.44. The van der Waals surface area contributed by atoms with E-state index in [9.17, 15) is 25.2 Å². The van der Waals surface area contributed by atoms with Crippen LogP contribution in [0.1, 0.15) is 55.4 Å². The van der Waals surface area contributed by atoms with E-state index in [4.69, 9.17) is 24.7 Å². The fraction of sp³-hybridized carbons (Fsp3) is 0.958. The van der Waals surface area contributed by atoms with Crippen molar-refractivity contribution in [2.24, 2.45) is 11.1 Å². The number of nitrogens with one attached hydrogen (secondary N) is 1. The maximum atomic E-state index is 11.7. The van der Waals surface area contributed by atoms with Gasteiger partial charge in [0.1, 0.15) is 36.6 Å². The second-order valence-corrected chi connectivity index (χ2v) is 11.1. The third-order valence-corrected chi connectivity index (χ3v) is 7.59. The second kappa shape index (κ2) is 11.7. The molecule has 1 amide bonds. The zero-order chi connectivity index (χ0) is 26.9. The number of aliphatic hydroxyl groups excluding tert-OH is 4. The molecule has 2 rings (SSSR count). The summed E-state index contributed by atoms with van der Waals surface area (Å²) in [5.74, 6) is -0.325. The summed E-state index contributed by atoms with van der Waals surface area (Å²) in [6.45, 7) is 13.3. The third-order valence-electron chi connectivity index (χ3n) is 7.59. The van der Waals surface area contributed by atoms with E-state index in [0.29, 0.717) is 0 Å². The van der Waals surface area contributed by atoms with Gasteiger partial charge in [-0.15, -0.1) is 0 Å². The molecule has 0 spiro atoms. The lowest BCUT2D eigenvalue weighted by Crippen LogP contribution is -2.70. The molecule has 206 valence electrons. The van der Waals surface area contributed by atoms with E-state index in [1.807, 2.05) is 27.7 Å². The average Bonchev–Trinajstić information content (AvgIpc) is 2.75. The van der Waals surface area contributed by atoms with Crippen molar-refractivity contribution in [1.29, 1.82) is 0 Å². The van der Waals surface area contributed by atoms with Crippen LogP contribution in [0, 0.1) is 5.41 Å². The summed E-state index contributed by atoms with van der Waals surface area (Å²) in [7, 11) is 0. The van der Waals surface area contributed by atoms with Gasteiger partial charge in [0.2, 0.25) is 5.91 Å². The quantitative estimate of drug-likeness (QED) is 0.229. The summed E-state index contributed by atoms with van der Waals surface area (Å²) in [5, 5.41) is 44.7. The SMILES string of the molecule is CC(=O)NC1C(O)[C@H](OC(C)(C)C(C)(C)[C@@H]2OC(CO)[C@@H](OC(C)C)C(O)C2N)C(CO)O[C@@H]1C. The molecule has 0 aromatic carbocycles. The normalized spacial score (nSPS) is 39.0. The van der Waals surface area contributed by atoms with Gasteiger partial charge in [-0.05, 0) is 34.6 Å². The van der Waals surface area contributed by atoms with Crippen molar-refractivity contribution in [3.8, 4) is 0 Å². The monoisotopic (exact) mass is 506 g/mol. The van der Waals surface area contributed by atoms with Gasteiger partial charge in [0.05, 0.1) is 49.2 Å². The van der Waals surface area contributed by atoms with E-state index < -0.39 is 78.5 Å². The Kier molecular flexibility index (Phi) is 10.1. The molecule has 2 aliphatic heterocycles. The van der Waals surface area contributed by atoms with Gasteiger partial charge in [0.15, 0.2) is 0 Å². The summed E-state index contributed by atoms with van der Waals surface area (Å²) < 4.78 is 24.3. The number of aliphatic hydroxyl groups is 4. The molecule has 0 radical (unpaired) electrons. The van der Waals surface area contributed by atoms with Crippen LogP contribution in [0.2, 0.25) is 0 Å². The molecule has 0 aliphatic carbocycles. The lowest BCUT2D eigenvalue weighted by molar-refractivity contribution is -0.287. The molecule has 10 atom stereocenters. The first kappa shape index (κ1) is 30.3. The summed E-state index contributed by atoms with van der Waals surface area (Å²) in [4.78, 5) is 11.7. The molecule has 0 aromatic rings. The minimum absolute atomic E-state index is 0.203. The Morgan fingerprint density at radius 3 is 2.06 bits per heavy atom. The highest BCUT2D eigenvalue weighted by molar-refractivity contribution is 5.73. The first-order valence-corrected chi connectivity index (χ1v) is 12.3. The van der Waals surface area contributed by atoms with Gasteiger partial charge in [0, 0.05) is 12.3 Å². The molecular weight excluding hydrogens is 460 g/mol. The number of nitrogens with two attached hydrogens (primary N) is 1. The number of ether oxygens (including phenoxy) is 4. The maximum Gasteiger partial charge on any atom is 0.217 e. The van der Waals surface area contributed by atoms with Gasteiger partial charge in [0.25, 0.3) is 0 Å². The van der Waals surface area contributed by atoms with Gasteiger partial charge in [-0.3, -0.25) is 4.79 Å². The molecule has 0 aromatic heterocycles. The Labute approximate surface area is 208 Å². The first-order chi connectivity index (χ1) is 16.1. The molecule has 11 heteroatoms. The molecule has 0 bridgehead atoms. The first-order valence-electron chi connectivity index (χ1n) is 12.3. The third kappa shape index (κ3) is 6.34. The Morgan fingerprint density at radius 1 is 1.03 bits per heavy atom. The van der Waals surface area contributed by atoms with Gasteiger partial charge in [-0.25, -0.2) is 0 Å². The predicted molar refractivity (Wildman–Crippen MR) is 128 cm³/mol. The van der Waals surface area contributed by atoms with Crippen molar-refractivity contribution in [2.75, 3.05) is 13.2 Å². The van der Waals surface area contributed by atoms with Crippen LogP contribution < -0.4 is 11.1 Å². The zero-order valence-corrected chi connectivity index (χ0v) is 22.2. The molecule has 11 nitrogen and oxygen atoms in total. The van der Waals surface area contributed by atoms with Crippen molar-refractivity contribution in [3.63, 3.8) is 0 Å². The molecular formula is C24H46N2O9. The highest BCUT2D eigenvalue weighted by atomic mass is 16.6. The molecule has 2 aliphatic rings. The minimum Gasteiger partial charge on any atom is -0.394 e. The zero-order valence-electron chi connectivity index (χ0n) is 22.2. The van der Waals surface area contributed by atoms with Gasteiger partial charge >= 0.3 is 0 Å². The van der Waals surface area contributed by atoms with E-state index in [-0.39, 0.29) is 18.6 Å². The molecule has 2 fully saturated rings. The Morgan fingerprint density at radius 2 is 1.57 bits per heavy atom. The smallest absolute Gasteiger partial charge is 0.217 e. The predicted octanol–water partition coefficient (Wildman–Crippen LogP) is -0.937. The van der Waals surface area contributed by atoms with Crippen LogP contribution in [-0.2, 0) is 23.7 Å². The summed E-state index contributed by atoms with van der Waals surface area (Å²) in [6.07, 6.45) is -7.15. The lowest BCUT2D eigenvalue weighted by atomic mass is 9.68. The second-order valence-electron chi connectivity index (χ2n) is 11.1. The summed E-state index contributed by atoms with van der Waals surface area (Å²) in [5.41, 5.74) is 4.54. The number of carbonyl (C=O) groups is 1. The Bertz CT molecular complexity index is 702. The van der Waals surface area contributed by atoms with Crippen LogP contribution in [0.25, 0.3) is 0 Å². The van der Waals surface area contributed by atoms with E-state index >= 15 is 0 Å². The molecule has 0 saturated carbocycles. The Balaban J connectivity index is 2.31. The fourth-order valence-corrected chi connectivity index (χ4v) is 4.96. The van der Waals surface area contributed by atoms with Gasteiger partial charge in [-0.2, -0.15) is 0 Å². The number of hydrogen-bond donors (Lipinski definition) is 6. The number of rotatable bonds is 9. The maximum absolute atomic E-state index is 11.7. The van der Waals surface area contributed by atoms with Crippen molar-refractivity contribution in [1.82, 2.24) is 5.32 Å². The summed E-state index contributed by atoms with van der Waals surface area (Å²) in [6, 6.07) is -1.59. The van der Waals surface area contributed by atoms with Crippen LogP contribution in [0.5, 0.6) is 0 Å². The van der Waals surface area contributed by atoms with Crippen LogP contribution >= 0.6 is 0 Å². The van der Waals surface area contributed by atoms with Gasteiger partial charge < -0.3 is 50.4 Å².